The van der Waals surface area contributed by atoms with Gasteiger partial charge < -0.3 is 18.8 Å². The van der Waals surface area contributed by atoms with E-state index in [0.29, 0.717) is 43.0 Å². The van der Waals surface area contributed by atoms with Crippen molar-refractivity contribution in [1.82, 2.24) is 19.7 Å². The van der Waals surface area contributed by atoms with Crippen LogP contribution in [-0.2, 0) is 20.8 Å². The number of ether oxygens (including phenoxy) is 2. The molecule has 0 aliphatic carbocycles. The molecular weight excluding hydrogens is 368 g/mol. The number of rotatable bonds is 6. The van der Waals surface area contributed by atoms with E-state index in [1.165, 1.54) is 11.8 Å². The van der Waals surface area contributed by atoms with Crippen LogP contribution in [0.25, 0.3) is 11.6 Å². The van der Waals surface area contributed by atoms with Crippen molar-refractivity contribution in [1.29, 1.82) is 0 Å². The summed E-state index contributed by atoms with van der Waals surface area (Å²) in [7, 11) is 0. The zero-order chi connectivity index (χ0) is 18.6. The maximum Gasteiger partial charge on any atom is 0.233 e. The van der Waals surface area contributed by atoms with E-state index in [1.807, 2.05) is 28.5 Å². The lowest BCUT2D eigenvalue weighted by Gasteiger charge is -2.33. The Balaban J connectivity index is 1.31. The van der Waals surface area contributed by atoms with Crippen molar-refractivity contribution in [3.05, 3.63) is 18.4 Å². The van der Waals surface area contributed by atoms with Gasteiger partial charge in [-0.2, -0.15) is 0 Å². The molecule has 2 fully saturated rings. The third-order valence-electron chi connectivity index (χ3n) is 5.02. The molecule has 146 valence electrons. The van der Waals surface area contributed by atoms with Gasteiger partial charge in [0.15, 0.2) is 23.0 Å². The fourth-order valence-electron chi connectivity index (χ4n) is 3.56. The molecule has 2 aliphatic rings. The minimum atomic E-state index is -0.0836. The number of furan rings is 1. The summed E-state index contributed by atoms with van der Waals surface area (Å²) in [4.78, 5) is 14.5. The summed E-state index contributed by atoms with van der Waals surface area (Å²) in [6.45, 7) is 5.61. The third-order valence-corrected chi connectivity index (χ3v) is 5.98. The number of amides is 1. The van der Waals surface area contributed by atoms with Crippen molar-refractivity contribution in [3.63, 3.8) is 0 Å². The normalized spacial score (nSPS) is 19.1. The molecule has 0 N–H and O–H groups in total. The lowest BCUT2D eigenvalue weighted by atomic mass is 9.96. The second kappa shape index (κ2) is 8.45. The van der Waals surface area contributed by atoms with Gasteiger partial charge in [0.1, 0.15) is 0 Å². The van der Waals surface area contributed by atoms with Gasteiger partial charge in [-0.15, -0.1) is 10.2 Å². The molecule has 0 atom stereocenters. The largest absolute Gasteiger partial charge is 0.461 e. The molecule has 27 heavy (non-hydrogen) atoms. The number of piperidine rings is 1. The number of carbonyl (C=O) groups excluding carboxylic acids is 1. The highest BCUT2D eigenvalue weighted by atomic mass is 32.2. The number of hydrogen-bond acceptors (Lipinski definition) is 7. The Kier molecular flexibility index (Phi) is 5.80. The number of nitrogens with zero attached hydrogens (tertiary/aromatic N) is 4. The second-order valence-electron chi connectivity index (χ2n) is 6.64. The van der Waals surface area contributed by atoms with E-state index in [1.54, 1.807) is 6.26 Å². The number of hydrogen-bond donors (Lipinski definition) is 0. The molecule has 2 aromatic rings. The van der Waals surface area contributed by atoms with Crippen molar-refractivity contribution in [2.45, 2.75) is 37.8 Å². The number of carbonyl (C=O) groups is 1. The van der Waals surface area contributed by atoms with E-state index < -0.39 is 0 Å². The van der Waals surface area contributed by atoms with Gasteiger partial charge in [0, 0.05) is 25.6 Å². The number of likely N-dealkylation sites (tertiary alicyclic amines) is 1. The van der Waals surface area contributed by atoms with Gasteiger partial charge in [-0.25, -0.2) is 0 Å². The smallest absolute Gasteiger partial charge is 0.233 e. The predicted molar refractivity (Wildman–Crippen MR) is 99.1 cm³/mol. The molecular formula is C18H24N4O4S. The van der Waals surface area contributed by atoms with Gasteiger partial charge in [0.05, 0.1) is 25.2 Å². The summed E-state index contributed by atoms with van der Waals surface area (Å²) in [5.41, 5.74) is 0. The first kappa shape index (κ1) is 18.5. The molecule has 2 aromatic heterocycles. The first-order valence-corrected chi connectivity index (χ1v) is 10.4. The average Bonchev–Trinajstić information content (AvgIpc) is 3.47. The maximum atomic E-state index is 12.6. The van der Waals surface area contributed by atoms with E-state index in [4.69, 9.17) is 13.9 Å². The average molecular weight is 392 g/mol. The molecule has 0 spiro atoms. The van der Waals surface area contributed by atoms with Crippen LogP contribution in [0.15, 0.2) is 28.0 Å². The van der Waals surface area contributed by atoms with Crippen molar-refractivity contribution >= 4 is 17.7 Å². The van der Waals surface area contributed by atoms with E-state index in [9.17, 15) is 4.79 Å². The molecule has 9 heteroatoms. The van der Waals surface area contributed by atoms with Crippen LogP contribution in [-0.4, -0.2) is 63.9 Å². The highest BCUT2D eigenvalue weighted by Gasteiger charge is 2.31. The standard InChI is InChI=1S/C18H24N4O4S/c1-2-22-16(14-4-3-9-24-14)19-20-18(22)27-12-15(23)21-7-5-13(6-8-21)17-25-10-11-26-17/h3-4,9,13,17H,2,5-8,10-12H2,1H3. The highest BCUT2D eigenvalue weighted by Crippen LogP contribution is 2.27. The Morgan fingerprint density at radius 3 is 2.70 bits per heavy atom. The van der Waals surface area contributed by atoms with Crippen molar-refractivity contribution < 1.29 is 18.7 Å². The lowest BCUT2D eigenvalue weighted by molar-refractivity contribution is -0.134. The van der Waals surface area contributed by atoms with Crippen molar-refractivity contribution in [2.24, 2.45) is 5.92 Å². The second-order valence-corrected chi connectivity index (χ2v) is 7.59. The zero-order valence-corrected chi connectivity index (χ0v) is 16.2. The maximum absolute atomic E-state index is 12.6. The van der Waals surface area contributed by atoms with Crippen LogP contribution < -0.4 is 0 Å². The van der Waals surface area contributed by atoms with Crippen LogP contribution >= 0.6 is 11.8 Å². The summed E-state index contributed by atoms with van der Waals surface area (Å²) < 4.78 is 18.6. The Morgan fingerprint density at radius 2 is 2.04 bits per heavy atom. The molecule has 0 unspecified atom stereocenters. The number of thioether (sulfide) groups is 1. The Labute approximate surface area is 162 Å². The van der Waals surface area contributed by atoms with Gasteiger partial charge in [0.25, 0.3) is 0 Å². The van der Waals surface area contributed by atoms with Gasteiger partial charge in [-0.05, 0) is 31.9 Å². The summed E-state index contributed by atoms with van der Waals surface area (Å²) >= 11 is 1.42. The first-order valence-electron chi connectivity index (χ1n) is 9.37. The van der Waals surface area contributed by atoms with E-state index in [0.717, 1.165) is 31.1 Å². The summed E-state index contributed by atoms with van der Waals surface area (Å²) in [5, 5.41) is 9.19. The number of aromatic nitrogens is 3. The molecule has 0 aromatic carbocycles. The molecule has 2 aliphatic heterocycles. The monoisotopic (exact) mass is 392 g/mol. The van der Waals surface area contributed by atoms with E-state index in [-0.39, 0.29) is 12.2 Å². The van der Waals surface area contributed by atoms with Gasteiger partial charge in [-0.3, -0.25) is 9.36 Å². The van der Waals surface area contributed by atoms with Gasteiger partial charge >= 0.3 is 0 Å². The van der Waals surface area contributed by atoms with E-state index in [2.05, 4.69) is 10.2 Å². The molecule has 0 saturated carbocycles. The van der Waals surface area contributed by atoms with Crippen molar-refractivity contribution in [2.75, 3.05) is 32.1 Å². The van der Waals surface area contributed by atoms with Crippen LogP contribution in [0.2, 0.25) is 0 Å². The Morgan fingerprint density at radius 1 is 1.26 bits per heavy atom. The summed E-state index contributed by atoms with van der Waals surface area (Å²) in [5.74, 6) is 2.26. The minimum Gasteiger partial charge on any atom is -0.461 e. The minimum absolute atomic E-state index is 0.0836. The predicted octanol–water partition coefficient (Wildman–Crippen LogP) is 2.26. The topological polar surface area (TPSA) is 82.6 Å². The Hall–Kier alpha value is -1.84. The van der Waals surface area contributed by atoms with Crippen LogP contribution in [0.3, 0.4) is 0 Å². The molecule has 0 bridgehead atoms. The molecule has 4 rings (SSSR count). The van der Waals surface area contributed by atoms with Gasteiger partial charge in [0.2, 0.25) is 5.91 Å². The molecule has 2 saturated heterocycles. The van der Waals surface area contributed by atoms with Crippen LogP contribution in [0.4, 0.5) is 0 Å². The highest BCUT2D eigenvalue weighted by molar-refractivity contribution is 7.99. The molecule has 8 nitrogen and oxygen atoms in total. The SMILES string of the molecule is CCn1c(SCC(=O)N2CCC(C3OCCO3)CC2)nnc1-c1ccco1. The lowest BCUT2D eigenvalue weighted by Crippen LogP contribution is -2.42. The Bertz CT molecular complexity index is 750. The summed E-state index contributed by atoms with van der Waals surface area (Å²) in [6.07, 6.45) is 3.38. The van der Waals surface area contributed by atoms with Gasteiger partial charge in [-0.1, -0.05) is 11.8 Å². The quantitative estimate of drug-likeness (QED) is 0.697. The third kappa shape index (κ3) is 4.04. The fourth-order valence-corrected chi connectivity index (χ4v) is 4.46. The zero-order valence-electron chi connectivity index (χ0n) is 15.4. The molecule has 4 heterocycles. The van der Waals surface area contributed by atoms with Crippen LogP contribution in [0.5, 0.6) is 0 Å². The van der Waals surface area contributed by atoms with Crippen LogP contribution in [0, 0.1) is 5.92 Å². The van der Waals surface area contributed by atoms with Crippen LogP contribution in [0.1, 0.15) is 19.8 Å². The molecule has 1 amide bonds. The molecule has 0 radical (unpaired) electrons. The van der Waals surface area contributed by atoms with Crippen molar-refractivity contribution in [3.8, 4) is 11.6 Å². The fraction of sp³-hybridized carbons (Fsp3) is 0.611. The summed E-state index contributed by atoms with van der Waals surface area (Å²) in [6, 6.07) is 3.68. The first-order chi connectivity index (χ1) is 13.3. The van der Waals surface area contributed by atoms with E-state index >= 15 is 0 Å².